The first-order chi connectivity index (χ1) is 28.2. The van der Waals surface area contributed by atoms with E-state index in [-0.39, 0.29) is 81.4 Å². The molecule has 0 atom stereocenters. The van der Waals surface area contributed by atoms with Crippen LogP contribution < -0.4 is 84.4 Å². The van der Waals surface area contributed by atoms with E-state index in [4.69, 9.17) is 9.47 Å². The molecule has 0 aliphatic carbocycles. The maximum Gasteiger partial charge on any atom is 1.00 e. The van der Waals surface area contributed by atoms with Crippen molar-refractivity contribution in [3.63, 3.8) is 0 Å². The summed E-state index contributed by atoms with van der Waals surface area (Å²) in [5.74, 6) is 0.134. The number of nitrogens with one attached hydrogen (secondary N) is 1. The second kappa shape index (κ2) is 23.6. The normalized spacial score (nSPS) is 11.2. The van der Waals surface area contributed by atoms with E-state index in [2.05, 4.69) is 54.7 Å². The number of methoxy groups -OCH3 is 2. The van der Waals surface area contributed by atoms with Gasteiger partial charge in [0.2, 0.25) is 0 Å². The second-order valence-corrected chi connectivity index (χ2v) is 13.5. The topological polar surface area (TPSA) is 225 Å². The summed E-state index contributed by atoms with van der Waals surface area (Å²) in [6, 6.07) is 28.8. The number of aryl methyl sites for hydroxylation is 2. The average Bonchev–Trinajstić information content (AvgIpc) is 3.24. The molecule has 0 saturated heterocycles. The first-order valence-electron chi connectivity index (χ1n) is 16.9. The Hall–Kier alpha value is -4.29. The summed E-state index contributed by atoms with van der Waals surface area (Å²) in [7, 11) is 2.96. The molecular formula is C39H31N7Na2O10S2. The third-order valence-corrected chi connectivity index (χ3v) is 9.48. The molecule has 0 aromatic heterocycles. The van der Waals surface area contributed by atoms with E-state index >= 15 is 0 Å². The number of phenolic OH excluding ortho intramolecular Hbond substituents is 1. The molecule has 0 spiro atoms. The zero-order valence-corrected chi connectivity index (χ0v) is 38.6. The predicted molar refractivity (Wildman–Crippen MR) is 210 cm³/mol. The van der Waals surface area contributed by atoms with Gasteiger partial charge in [-0.05, 0) is 103 Å². The minimum atomic E-state index is -0.311. The molecule has 0 bridgehead atoms. The number of fused-ring (bicyclic) bond motifs is 1. The number of benzene rings is 6. The Morgan fingerprint density at radius 3 is 1.82 bits per heavy atom. The number of anilines is 1. The Bertz CT molecular complexity index is 2520. The summed E-state index contributed by atoms with van der Waals surface area (Å²) in [6.45, 7) is 3.65. The summed E-state index contributed by atoms with van der Waals surface area (Å²) >= 11 is 1.30. The zero-order valence-electron chi connectivity index (χ0n) is 32.9. The molecule has 0 radical (unpaired) electrons. The molecule has 0 saturated carbocycles. The summed E-state index contributed by atoms with van der Waals surface area (Å²) in [4.78, 5) is 13.6. The van der Waals surface area contributed by atoms with Gasteiger partial charge < -0.3 is 30.4 Å². The number of carbonyl (C=O) groups is 1. The number of phenols is 1. The van der Waals surface area contributed by atoms with Gasteiger partial charge in [0, 0.05) is 33.7 Å². The Balaban J connectivity index is 0.00000397. The van der Waals surface area contributed by atoms with Gasteiger partial charge in [-0.25, -0.2) is 0 Å². The molecule has 0 aliphatic heterocycles. The van der Waals surface area contributed by atoms with Crippen molar-refractivity contribution in [3.05, 3.63) is 120 Å². The zero-order chi connectivity index (χ0) is 41.0. The van der Waals surface area contributed by atoms with Gasteiger partial charge in [0.25, 0.3) is 5.91 Å². The summed E-state index contributed by atoms with van der Waals surface area (Å²) in [5, 5.41) is 69.0. The standard InChI is InChI=1S/C39H33N7O10S2.2Na/c1-22-16-32(34(51-3)20-30(22)42-41-26-10-13-28(14-11-26)57-55-53-49)44-43-31-21-35(52-4)33(17-23(31)2)45-46-37-36(58-56-54-50)19-25-18-27(12-15-29(25)38(37)47)40-39(48)24-8-6-5-7-9-24;;/h5-21,47,49-50H,1-4H3,(H,40,48);;/q;2*+1/p-2. The van der Waals surface area contributed by atoms with E-state index in [1.807, 2.05) is 13.0 Å². The van der Waals surface area contributed by atoms with Crippen LogP contribution in [0.25, 0.3) is 10.8 Å². The van der Waals surface area contributed by atoms with Gasteiger partial charge in [-0.3, -0.25) is 14.9 Å². The number of nitrogens with zero attached hydrogens (tertiary/aromatic N) is 6. The van der Waals surface area contributed by atoms with Gasteiger partial charge in [-0.1, -0.05) is 18.2 Å². The van der Waals surface area contributed by atoms with E-state index in [0.29, 0.717) is 84.5 Å². The van der Waals surface area contributed by atoms with Gasteiger partial charge in [0.1, 0.15) is 28.6 Å². The molecule has 0 fully saturated rings. The van der Waals surface area contributed by atoms with Gasteiger partial charge in [-0.15, -0.1) is 15.3 Å². The first-order valence-corrected chi connectivity index (χ1v) is 18.3. The van der Waals surface area contributed by atoms with Gasteiger partial charge in [-0.2, -0.15) is 24.0 Å². The van der Waals surface area contributed by atoms with Crippen molar-refractivity contribution < 1.29 is 108 Å². The molecule has 0 aliphatic rings. The van der Waals surface area contributed by atoms with Gasteiger partial charge >= 0.3 is 59.1 Å². The third kappa shape index (κ3) is 12.4. The molecule has 1 amide bonds. The van der Waals surface area contributed by atoms with Crippen molar-refractivity contribution in [2.45, 2.75) is 23.6 Å². The van der Waals surface area contributed by atoms with Crippen molar-refractivity contribution >= 4 is 80.6 Å². The van der Waals surface area contributed by atoms with Crippen LogP contribution in [0.3, 0.4) is 0 Å². The van der Waals surface area contributed by atoms with Crippen LogP contribution in [0.4, 0.5) is 39.8 Å². The number of amides is 1. The monoisotopic (exact) mass is 867 g/mol. The van der Waals surface area contributed by atoms with Crippen LogP contribution in [0.1, 0.15) is 21.5 Å². The van der Waals surface area contributed by atoms with Gasteiger partial charge in [0.05, 0.1) is 60.3 Å². The molecule has 0 heterocycles. The van der Waals surface area contributed by atoms with Crippen LogP contribution >= 0.6 is 24.1 Å². The van der Waals surface area contributed by atoms with Gasteiger partial charge in [0.15, 0.2) is 5.75 Å². The molecule has 6 aromatic rings. The molecule has 296 valence electrons. The minimum absolute atomic E-state index is 0. The van der Waals surface area contributed by atoms with E-state index in [9.17, 15) is 20.4 Å². The van der Waals surface area contributed by atoms with Crippen LogP contribution in [0.5, 0.6) is 17.2 Å². The molecule has 6 aromatic carbocycles. The molecule has 6 rings (SSSR count). The predicted octanol–water partition coefficient (Wildman–Crippen LogP) is 4.15. The van der Waals surface area contributed by atoms with E-state index in [1.54, 1.807) is 104 Å². The second-order valence-electron chi connectivity index (χ2n) is 12.0. The van der Waals surface area contributed by atoms with Crippen LogP contribution in [0, 0.1) is 13.8 Å². The Kier molecular flexibility index (Phi) is 19.1. The van der Waals surface area contributed by atoms with E-state index < -0.39 is 0 Å². The van der Waals surface area contributed by atoms with E-state index in [0.717, 1.165) is 17.6 Å². The average molecular weight is 868 g/mol. The smallest absolute Gasteiger partial charge is 0.691 e. The number of rotatable bonds is 16. The number of azo groups is 3. The number of hydrogen-bond donors (Lipinski definition) is 2. The van der Waals surface area contributed by atoms with Crippen LogP contribution in [0.2, 0.25) is 0 Å². The van der Waals surface area contributed by atoms with Crippen LogP contribution in [-0.2, 0) is 18.7 Å². The molecule has 2 N–H and O–H groups in total. The van der Waals surface area contributed by atoms with E-state index in [1.165, 1.54) is 14.2 Å². The summed E-state index contributed by atoms with van der Waals surface area (Å²) in [6.07, 6.45) is 0. The van der Waals surface area contributed by atoms with Crippen molar-refractivity contribution in [1.29, 1.82) is 0 Å². The van der Waals surface area contributed by atoms with Crippen molar-refractivity contribution in [1.82, 2.24) is 0 Å². The van der Waals surface area contributed by atoms with Crippen molar-refractivity contribution in [2.75, 3.05) is 19.5 Å². The fourth-order valence-electron chi connectivity index (χ4n) is 5.40. The maximum absolute atomic E-state index is 12.7. The summed E-state index contributed by atoms with van der Waals surface area (Å²) < 4.78 is 20.1. The molecular weight excluding hydrogens is 837 g/mol. The quantitative estimate of drug-likeness (QED) is 0.0460. The minimum Gasteiger partial charge on any atom is -0.691 e. The number of hydrogen-bond acceptors (Lipinski definition) is 18. The van der Waals surface area contributed by atoms with Crippen LogP contribution in [0.15, 0.2) is 144 Å². The van der Waals surface area contributed by atoms with Crippen LogP contribution in [-0.4, -0.2) is 25.2 Å². The summed E-state index contributed by atoms with van der Waals surface area (Å²) in [5.41, 5.74) is 4.68. The van der Waals surface area contributed by atoms with Crippen molar-refractivity contribution in [2.24, 2.45) is 30.7 Å². The van der Waals surface area contributed by atoms with Crippen molar-refractivity contribution in [3.8, 4) is 17.2 Å². The largest absolute Gasteiger partial charge is 1.00 e. The number of ether oxygens (including phenoxy) is 2. The molecule has 21 heteroatoms. The third-order valence-electron chi connectivity index (χ3n) is 8.28. The SMILES string of the molecule is COc1cc(N=Nc2ccc(SOO[O-])cc2)c(C)cc1N=Nc1cc(OC)c(N=Nc2c(SOO[O-])cc3cc(NC(=O)c4ccccc4)ccc3c2O)cc1C.[Na+].[Na+]. The molecule has 0 unspecified atom stereocenters. The fourth-order valence-corrected chi connectivity index (χ4v) is 6.25. The fraction of sp³-hybridized carbons (Fsp3) is 0.103. The molecule has 60 heavy (non-hydrogen) atoms. The number of carbonyl (C=O) groups excluding carboxylic acids is 1. The Labute approximate surface area is 395 Å². The number of aromatic hydroxyl groups is 1. The molecule has 17 nitrogen and oxygen atoms in total. The Morgan fingerprint density at radius 1 is 0.650 bits per heavy atom. The maximum atomic E-state index is 12.7. The Morgan fingerprint density at radius 2 is 1.22 bits per heavy atom. The first kappa shape index (κ1) is 48.4.